The van der Waals surface area contributed by atoms with Crippen LogP contribution in [0.2, 0.25) is 4.47 Å². The topological polar surface area (TPSA) is 55.3 Å². The van der Waals surface area contributed by atoms with Gasteiger partial charge in [-0.3, -0.25) is 4.79 Å². The molecule has 7 heteroatoms. The minimum absolute atomic E-state index is 0.0115. The van der Waals surface area contributed by atoms with Gasteiger partial charge in [-0.15, -0.1) is 10.2 Å². The van der Waals surface area contributed by atoms with Gasteiger partial charge in [0.2, 0.25) is 10.4 Å². The van der Waals surface area contributed by atoms with Gasteiger partial charge in [-0.2, -0.15) is 0 Å². The molecule has 0 unspecified atom stereocenters. The fourth-order valence-electron chi connectivity index (χ4n) is 1.18. The van der Waals surface area contributed by atoms with Gasteiger partial charge >= 0.3 is 0 Å². The molecule has 1 aliphatic heterocycles. The standard InChI is InChI=1S/C7H8ClN3O2S/c8-7-10-9-5(14-7)3-11-1-2-13-4-6(11)12/h1-4H2. The quantitative estimate of drug-likeness (QED) is 0.749. The summed E-state index contributed by atoms with van der Waals surface area (Å²) in [5.74, 6) is -0.0115. The van der Waals surface area contributed by atoms with E-state index in [4.69, 9.17) is 16.3 Å². The van der Waals surface area contributed by atoms with Crippen molar-refractivity contribution in [1.82, 2.24) is 15.1 Å². The SMILES string of the molecule is O=C1COCCN1Cc1nnc(Cl)s1. The number of aromatic nitrogens is 2. The highest BCUT2D eigenvalue weighted by Gasteiger charge is 2.19. The van der Waals surface area contributed by atoms with Crippen LogP contribution in [0.5, 0.6) is 0 Å². The van der Waals surface area contributed by atoms with Crippen LogP contribution in [0, 0.1) is 0 Å². The molecule has 0 bridgehead atoms. The van der Waals surface area contributed by atoms with E-state index in [-0.39, 0.29) is 12.5 Å². The molecule has 0 aromatic carbocycles. The lowest BCUT2D eigenvalue weighted by molar-refractivity contribution is -0.143. The largest absolute Gasteiger partial charge is 0.370 e. The molecule has 1 aromatic heterocycles. The van der Waals surface area contributed by atoms with E-state index >= 15 is 0 Å². The lowest BCUT2D eigenvalue weighted by atomic mass is 10.4. The molecule has 0 N–H and O–H groups in total. The van der Waals surface area contributed by atoms with E-state index in [2.05, 4.69) is 10.2 Å². The first kappa shape index (κ1) is 9.82. The summed E-state index contributed by atoms with van der Waals surface area (Å²) in [5.41, 5.74) is 0. The first-order chi connectivity index (χ1) is 6.75. The highest BCUT2D eigenvalue weighted by atomic mass is 35.5. The molecule has 1 fully saturated rings. The molecular formula is C7H8ClN3O2S. The second-order valence-electron chi connectivity index (χ2n) is 2.82. The summed E-state index contributed by atoms with van der Waals surface area (Å²) in [5, 5.41) is 8.27. The number of hydrogen-bond acceptors (Lipinski definition) is 5. The number of rotatable bonds is 2. The minimum atomic E-state index is -0.0115. The molecule has 0 radical (unpaired) electrons. The van der Waals surface area contributed by atoms with Gasteiger partial charge in [0.15, 0.2) is 0 Å². The van der Waals surface area contributed by atoms with E-state index in [1.807, 2.05) is 0 Å². The van der Waals surface area contributed by atoms with Crippen LogP contribution in [0.15, 0.2) is 0 Å². The van der Waals surface area contributed by atoms with E-state index in [1.165, 1.54) is 11.3 Å². The van der Waals surface area contributed by atoms with Crippen molar-refractivity contribution in [3.8, 4) is 0 Å². The van der Waals surface area contributed by atoms with Crippen molar-refractivity contribution in [1.29, 1.82) is 0 Å². The fourth-order valence-corrected chi connectivity index (χ4v) is 2.06. The molecule has 2 heterocycles. The lowest BCUT2D eigenvalue weighted by Gasteiger charge is -2.25. The number of morpholine rings is 1. The molecular weight excluding hydrogens is 226 g/mol. The van der Waals surface area contributed by atoms with Crippen molar-refractivity contribution in [3.63, 3.8) is 0 Å². The van der Waals surface area contributed by atoms with E-state index in [1.54, 1.807) is 4.90 Å². The van der Waals surface area contributed by atoms with Crippen molar-refractivity contribution in [2.45, 2.75) is 6.54 Å². The Balaban J connectivity index is 1.99. The van der Waals surface area contributed by atoms with Gasteiger partial charge < -0.3 is 9.64 Å². The highest BCUT2D eigenvalue weighted by Crippen LogP contribution is 2.17. The number of carbonyl (C=O) groups is 1. The number of ether oxygens (including phenoxy) is 1. The zero-order valence-electron chi connectivity index (χ0n) is 7.27. The number of amides is 1. The summed E-state index contributed by atoms with van der Waals surface area (Å²) in [6.07, 6.45) is 0. The normalized spacial score (nSPS) is 17.5. The summed E-state index contributed by atoms with van der Waals surface area (Å²) in [7, 11) is 0. The van der Waals surface area contributed by atoms with E-state index in [0.29, 0.717) is 24.2 Å². The molecule has 14 heavy (non-hydrogen) atoms. The van der Waals surface area contributed by atoms with Gasteiger partial charge in [-0.05, 0) is 11.6 Å². The first-order valence-electron chi connectivity index (χ1n) is 4.09. The van der Waals surface area contributed by atoms with Crippen LogP contribution in [-0.4, -0.2) is 40.8 Å². The van der Waals surface area contributed by atoms with Crippen LogP contribution in [-0.2, 0) is 16.1 Å². The average Bonchev–Trinajstić information content (AvgIpc) is 2.56. The van der Waals surface area contributed by atoms with Crippen LogP contribution in [0.25, 0.3) is 0 Å². The molecule has 0 atom stereocenters. The second kappa shape index (κ2) is 4.20. The third-order valence-corrected chi connectivity index (χ3v) is 2.86. The Labute approximate surface area is 89.6 Å². The zero-order chi connectivity index (χ0) is 9.97. The molecule has 0 spiro atoms. The van der Waals surface area contributed by atoms with Gasteiger partial charge in [0.05, 0.1) is 13.2 Å². The second-order valence-corrected chi connectivity index (χ2v) is 4.46. The third-order valence-electron chi connectivity index (χ3n) is 1.85. The Hall–Kier alpha value is -0.720. The number of carbonyl (C=O) groups excluding carboxylic acids is 1. The molecule has 1 aromatic rings. The maximum Gasteiger partial charge on any atom is 0.249 e. The van der Waals surface area contributed by atoms with E-state index < -0.39 is 0 Å². The molecule has 0 saturated carbocycles. The van der Waals surface area contributed by atoms with Crippen LogP contribution in [0.4, 0.5) is 0 Å². The predicted octanol–water partition coefficient (Wildman–Crippen LogP) is 0.550. The van der Waals surface area contributed by atoms with Gasteiger partial charge in [-0.1, -0.05) is 11.3 Å². The van der Waals surface area contributed by atoms with Crippen molar-refractivity contribution < 1.29 is 9.53 Å². The summed E-state index contributed by atoms with van der Waals surface area (Å²) in [6.45, 7) is 1.83. The molecule has 2 rings (SSSR count). The van der Waals surface area contributed by atoms with Crippen molar-refractivity contribution in [2.75, 3.05) is 19.8 Å². The third kappa shape index (κ3) is 2.20. The monoisotopic (exact) mass is 233 g/mol. The van der Waals surface area contributed by atoms with Gasteiger partial charge in [-0.25, -0.2) is 0 Å². The van der Waals surface area contributed by atoms with Crippen LogP contribution >= 0.6 is 22.9 Å². The van der Waals surface area contributed by atoms with Crippen LogP contribution in [0.1, 0.15) is 5.01 Å². The number of halogens is 1. The Morgan fingerprint density at radius 2 is 2.43 bits per heavy atom. The lowest BCUT2D eigenvalue weighted by Crippen LogP contribution is -2.40. The smallest absolute Gasteiger partial charge is 0.249 e. The maximum absolute atomic E-state index is 11.3. The Morgan fingerprint density at radius 3 is 3.07 bits per heavy atom. The Bertz CT molecular complexity index is 343. The van der Waals surface area contributed by atoms with Crippen LogP contribution in [0.3, 0.4) is 0 Å². The summed E-state index contributed by atoms with van der Waals surface area (Å²) in [6, 6.07) is 0. The average molecular weight is 234 g/mol. The molecule has 5 nitrogen and oxygen atoms in total. The van der Waals surface area contributed by atoms with Gasteiger partial charge in [0, 0.05) is 6.54 Å². The summed E-state index contributed by atoms with van der Waals surface area (Å²) < 4.78 is 5.41. The summed E-state index contributed by atoms with van der Waals surface area (Å²) in [4.78, 5) is 13.0. The van der Waals surface area contributed by atoms with Crippen LogP contribution < -0.4 is 0 Å². The Morgan fingerprint density at radius 1 is 1.57 bits per heavy atom. The number of hydrogen-bond donors (Lipinski definition) is 0. The molecule has 0 aliphatic carbocycles. The van der Waals surface area contributed by atoms with Crippen molar-refractivity contribution in [2.24, 2.45) is 0 Å². The molecule has 1 aliphatic rings. The minimum Gasteiger partial charge on any atom is -0.370 e. The fraction of sp³-hybridized carbons (Fsp3) is 0.571. The van der Waals surface area contributed by atoms with Crippen molar-refractivity contribution in [3.05, 3.63) is 9.47 Å². The molecule has 1 amide bonds. The van der Waals surface area contributed by atoms with E-state index in [9.17, 15) is 4.79 Å². The van der Waals surface area contributed by atoms with E-state index in [0.717, 1.165) is 5.01 Å². The predicted molar refractivity (Wildman–Crippen MR) is 51.2 cm³/mol. The Kier molecular flexibility index (Phi) is 2.95. The van der Waals surface area contributed by atoms with Gasteiger partial charge in [0.25, 0.3) is 0 Å². The maximum atomic E-state index is 11.3. The highest BCUT2D eigenvalue weighted by molar-refractivity contribution is 7.15. The number of nitrogens with zero attached hydrogens (tertiary/aromatic N) is 3. The first-order valence-corrected chi connectivity index (χ1v) is 5.28. The van der Waals surface area contributed by atoms with Crippen molar-refractivity contribution >= 4 is 28.8 Å². The molecule has 1 saturated heterocycles. The molecule has 76 valence electrons. The zero-order valence-corrected chi connectivity index (χ0v) is 8.85. The van der Waals surface area contributed by atoms with Gasteiger partial charge in [0.1, 0.15) is 11.6 Å². The summed E-state index contributed by atoms with van der Waals surface area (Å²) >= 11 is 6.92.